The zero-order valence-electron chi connectivity index (χ0n) is 12.4. The number of hydrogen-bond donors (Lipinski definition) is 1. The van der Waals surface area contributed by atoms with Gasteiger partial charge in [-0.05, 0) is 18.1 Å². The largest absolute Gasteiger partial charge is 0.340 e. The summed E-state index contributed by atoms with van der Waals surface area (Å²) in [6.45, 7) is 1.01. The minimum atomic E-state index is -0.409. The normalized spacial score (nSPS) is 17.4. The maximum Gasteiger partial charge on any atom is 0.265 e. The highest BCUT2D eigenvalue weighted by atomic mass is 35.5. The van der Waals surface area contributed by atoms with Crippen molar-refractivity contribution in [3.8, 4) is 0 Å². The van der Waals surface area contributed by atoms with Crippen molar-refractivity contribution in [2.24, 2.45) is 0 Å². The number of amides is 1. The quantitative estimate of drug-likeness (QED) is 0.917. The van der Waals surface area contributed by atoms with Crippen molar-refractivity contribution in [2.45, 2.75) is 18.9 Å². The molecule has 1 N–H and O–H groups in total. The second-order valence-electron chi connectivity index (χ2n) is 5.58. The third-order valence-corrected chi connectivity index (χ3v) is 4.41. The number of nitrogens with one attached hydrogen (secondary N) is 1. The number of benzene rings is 1. The maximum absolute atomic E-state index is 12.4. The van der Waals surface area contributed by atoms with E-state index in [2.05, 4.69) is 5.10 Å². The fourth-order valence-corrected chi connectivity index (χ4v) is 3.15. The molecule has 1 fully saturated rings. The number of likely N-dealkylation sites (tertiary alicyclic amines) is 1. The number of rotatable bonds is 3. The number of nitrogens with zero attached hydrogens (tertiary/aromatic N) is 2. The third-order valence-electron chi connectivity index (χ3n) is 4.07. The van der Waals surface area contributed by atoms with Gasteiger partial charge >= 0.3 is 0 Å². The van der Waals surface area contributed by atoms with E-state index in [1.807, 2.05) is 24.3 Å². The van der Waals surface area contributed by atoms with E-state index in [1.54, 1.807) is 4.90 Å². The lowest BCUT2D eigenvalue weighted by atomic mass is 9.98. The topological polar surface area (TPSA) is 75.2 Å². The van der Waals surface area contributed by atoms with Crippen LogP contribution in [0.4, 0.5) is 0 Å². The molecule has 1 aromatic heterocycles. The fourth-order valence-electron chi connectivity index (χ4n) is 2.86. The van der Waals surface area contributed by atoms with Crippen LogP contribution in [-0.4, -0.2) is 33.7 Å². The summed E-state index contributed by atoms with van der Waals surface area (Å²) in [6, 6.07) is 9.92. The fraction of sp³-hybridized carbons (Fsp3) is 0.312. The van der Waals surface area contributed by atoms with Crippen molar-refractivity contribution in [3.63, 3.8) is 0 Å². The summed E-state index contributed by atoms with van der Waals surface area (Å²) in [5.74, 6) is 0.00250. The molecule has 1 aliphatic heterocycles. The molecule has 1 aromatic carbocycles. The maximum atomic E-state index is 12.4. The van der Waals surface area contributed by atoms with E-state index in [9.17, 15) is 14.4 Å². The van der Waals surface area contributed by atoms with Gasteiger partial charge in [0.25, 0.3) is 11.1 Å². The highest BCUT2D eigenvalue weighted by Gasteiger charge is 2.28. The summed E-state index contributed by atoms with van der Waals surface area (Å²) in [7, 11) is 0. The van der Waals surface area contributed by atoms with Crippen LogP contribution in [0, 0.1) is 0 Å². The molecule has 1 saturated heterocycles. The van der Waals surface area contributed by atoms with Gasteiger partial charge in [-0.15, -0.1) is 0 Å². The first-order valence-electron chi connectivity index (χ1n) is 7.37. The van der Waals surface area contributed by atoms with Crippen LogP contribution in [0.5, 0.6) is 0 Å². The molecule has 6 nitrogen and oxygen atoms in total. The molecule has 2 heterocycles. The number of halogens is 1. The second-order valence-corrected chi connectivity index (χ2v) is 5.99. The molecule has 1 amide bonds. The lowest BCUT2D eigenvalue weighted by Crippen LogP contribution is -2.37. The molecule has 0 bridgehead atoms. The minimum absolute atomic E-state index is 0.163. The van der Waals surface area contributed by atoms with Gasteiger partial charge in [0.1, 0.15) is 6.54 Å². The minimum Gasteiger partial charge on any atom is -0.340 e. The Morgan fingerprint density at radius 1 is 1.22 bits per heavy atom. The van der Waals surface area contributed by atoms with Gasteiger partial charge in [-0.3, -0.25) is 19.5 Å². The highest BCUT2D eigenvalue weighted by Crippen LogP contribution is 2.31. The highest BCUT2D eigenvalue weighted by molar-refractivity contribution is 6.31. The molecule has 1 atom stereocenters. The van der Waals surface area contributed by atoms with Crippen LogP contribution in [0.15, 0.2) is 46.0 Å². The monoisotopic (exact) mass is 333 g/mol. The van der Waals surface area contributed by atoms with Crippen LogP contribution in [-0.2, 0) is 11.3 Å². The Hall–Kier alpha value is -2.34. The SMILES string of the molecule is O=C(Cn1[nH]c(=O)ccc1=O)N1CC[C@H](c2ccccc2Cl)C1. The number of aromatic nitrogens is 2. The molecule has 0 unspecified atom stereocenters. The van der Waals surface area contributed by atoms with Gasteiger partial charge in [0.15, 0.2) is 0 Å². The Labute approximate surface area is 137 Å². The Morgan fingerprint density at radius 3 is 2.78 bits per heavy atom. The number of hydrogen-bond acceptors (Lipinski definition) is 3. The zero-order valence-corrected chi connectivity index (χ0v) is 13.1. The Bertz CT molecular complexity index is 843. The summed E-state index contributed by atoms with van der Waals surface area (Å²) < 4.78 is 1.04. The first-order chi connectivity index (χ1) is 11.0. The predicted molar refractivity (Wildman–Crippen MR) is 86.7 cm³/mol. The molecule has 0 aliphatic carbocycles. The lowest BCUT2D eigenvalue weighted by Gasteiger charge is -2.17. The summed E-state index contributed by atoms with van der Waals surface area (Å²) in [5, 5.41) is 3.07. The van der Waals surface area contributed by atoms with Crippen LogP contribution < -0.4 is 11.1 Å². The van der Waals surface area contributed by atoms with Crippen LogP contribution in [0.25, 0.3) is 0 Å². The number of carbonyl (C=O) groups excluding carboxylic acids is 1. The van der Waals surface area contributed by atoms with Gasteiger partial charge in [-0.1, -0.05) is 29.8 Å². The van der Waals surface area contributed by atoms with Gasteiger partial charge in [-0.2, -0.15) is 0 Å². The summed E-state index contributed by atoms with van der Waals surface area (Å²) in [5.41, 5.74) is 0.224. The summed E-state index contributed by atoms with van der Waals surface area (Å²) in [6.07, 6.45) is 0.829. The van der Waals surface area contributed by atoms with Crippen molar-refractivity contribution >= 4 is 17.5 Å². The molecule has 120 valence electrons. The van der Waals surface area contributed by atoms with Crippen molar-refractivity contribution in [2.75, 3.05) is 13.1 Å². The second kappa shape index (κ2) is 6.42. The van der Waals surface area contributed by atoms with E-state index in [1.165, 1.54) is 0 Å². The summed E-state index contributed by atoms with van der Waals surface area (Å²) in [4.78, 5) is 37.0. The van der Waals surface area contributed by atoms with Gasteiger partial charge in [0, 0.05) is 36.2 Å². The molecule has 23 heavy (non-hydrogen) atoms. The van der Waals surface area contributed by atoms with Crippen molar-refractivity contribution in [1.82, 2.24) is 14.7 Å². The zero-order chi connectivity index (χ0) is 16.4. The third kappa shape index (κ3) is 3.37. The first-order valence-corrected chi connectivity index (χ1v) is 7.75. The average Bonchev–Trinajstić information content (AvgIpc) is 3.01. The predicted octanol–water partition coefficient (Wildman–Crippen LogP) is 1.21. The van der Waals surface area contributed by atoms with Gasteiger partial charge in [0.05, 0.1) is 0 Å². The van der Waals surface area contributed by atoms with Crippen molar-refractivity contribution in [1.29, 1.82) is 0 Å². The van der Waals surface area contributed by atoms with E-state index < -0.39 is 11.1 Å². The van der Waals surface area contributed by atoms with Crippen LogP contribution >= 0.6 is 11.6 Å². The molecular formula is C16H16ClN3O3. The molecule has 0 saturated carbocycles. The Kier molecular flexibility index (Phi) is 4.34. The lowest BCUT2D eigenvalue weighted by molar-refractivity contribution is -0.131. The van der Waals surface area contributed by atoms with Crippen molar-refractivity contribution < 1.29 is 4.79 Å². The molecule has 3 rings (SSSR count). The number of carbonyl (C=O) groups is 1. The number of H-pyrrole nitrogens is 1. The smallest absolute Gasteiger partial charge is 0.265 e. The van der Waals surface area contributed by atoms with Crippen LogP contribution in [0.1, 0.15) is 17.9 Å². The molecular weight excluding hydrogens is 318 g/mol. The van der Waals surface area contributed by atoms with Crippen molar-refractivity contribution in [3.05, 3.63) is 67.7 Å². The summed E-state index contributed by atoms with van der Waals surface area (Å²) >= 11 is 6.21. The van der Waals surface area contributed by atoms with E-state index in [-0.39, 0.29) is 18.4 Å². The Morgan fingerprint density at radius 2 is 2.00 bits per heavy atom. The number of aromatic amines is 1. The average molecular weight is 334 g/mol. The van der Waals surface area contributed by atoms with Crippen LogP contribution in [0.3, 0.4) is 0 Å². The molecule has 0 spiro atoms. The molecule has 7 heteroatoms. The van der Waals surface area contributed by atoms with E-state index >= 15 is 0 Å². The van der Waals surface area contributed by atoms with E-state index in [4.69, 9.17) is 11.6 Å². The standard InChI is InChI=1S/C16H16ClN3O3/c17-13-4-2-1-3-12(13)11-7-8-19(9-11)16(23)10-20-15(22)6-5-14(21)18-20/h1-6,11H,7-10H2,(H,18,21)/t11-/m0/s1. The Balaban J connectivity index is 1.70. The van der Waals surface area contributed by atoms with Gasteiger partial charge in [-0.25, -0.2) is 4.68 Å². The molecule has 2 aromatic rings. The van der Waals surface area contributed by atoms with Gasteiger partial charge in [0.2, 0.25) is 5.91 Å². The first kappa shape index (κ1) is 15.6. The molecule has 0 radical (unpaired) electrons. The van der Waals surface area contributed by atoms with Crippen LogP contribution in [0.2, 0.25) is 5.02 Å². The van der Waals surface area contributed by atoms with E-state index in [0.29, 0.717) is 18.1 Å². The van der Waals surface area contributed by atoms with Gasteiger partial charge < -0.3 is 4.90 Å². The van der Waals surface area contributed by atoms with E-state index in [0.717, 1.165) is 28.8 Å². The molecule has 1 aliphatic rings.